The minimum atomic E-state index is -0.975. The highest BCUT2D eigenvalue weighted by atomic mass is 16.2. The summed E-state index contributed by atoms with van der Waals surface area (Å²) in [6.07, 6.45) is 1.12. The molecule has 1 saturated heterocycles. The average Bonchev–Trinajstić information content (AvgIpc) is 3.56. The lowest BCUT2D eigenvalue weighted by molar-refractivity contribution is -0.142. The van der Waals surface area contributed by atoms with Crippen molar-refractivity contribution >= 4 is 23.2 Å². The molecule has 1 N–H and O–H groups in total. The summed E-state index contributed by atoms with van der Waals surface area (Å²) >= 11 is 0. The van der Waals surface area contributed by atoms with Gasteiger partial charge in [0.15, 0.2) is 0 Å². The Kier molecular flexibility index (Phi) is 4.74. The van der Waals surface area contributed by atoms with Gasteiger partial charge in [-0.3, -0.25) is 9.59 Å². The fraction of sp³-hybridized carbons (Fsp3) is 0.318. The van der Waals surface area contributed by atoms with Gasteiger partial charge in [0, 0.05) is 31.9 Å². The molecule has 2 aromatic rings. The van der Waals surface area contributed by atoms with Crippen LogP contribution >= 0.6 is 0 Å². The first-order valence-electron chi connectivity index (χ1n) is 9.54. The van der Waals surface area contributed by atoms with E-state index >= 15 is 0 Å². The molecular formula is C22H22N4O2. The maximum absolute atomic E-state index is 13.1. The van der Waals surface area contributed by atoms with Crippen LogP contribution in [0.15, 0.2) is 54.6 Å². The van der Waals surface area contributed by atoms with E-state index in [4.69, 9.17) is 0 Å². The third-order valence-corrected chi connectivity index (χ3v) is 5.58. The van der Waals surface area contributed by atoms with Gasteiger partial charge in [-0.25, -0.2) is 0 Å². The summed E-state index contributed by atoms with van der Waals surface area (Å²) in [5.74, 6) is -0.391. The number of anilines is 2. The van der Waals surface area contributed by atoms with Crippen molar-refractivity contribution in [2.75, 3.05) is 36.4 Å². The van der Waals surface area contributed by atoms with Crippen molar-refractivity contribution in [1.82, 2.24) is 4.90 Å². The highest BCUT2D eigenvalue weighted by Gasteiger charge is 2.58. The number of nitrogens with zero attached hydrogens (tertiary/aromatic N) is 3. The van der Waals surface area contributed by atoms with E-state index < -0.39 is 5.41 Å². The van der Waals surface area contributed by atoms with Crippen LogP contribution in [0.1, 0.15) is 18.4 Å². The Hall–Kier alpha value is -3.33. The quantitative estimate of drug-likeness (QED) is 0.835. The summed E-state index contributed by atoms with van der Waals surface area (Å²) in [5, 5.41) is 12.0. The Morgan fingerprint density at radius 2 is 1.57 bits per heavy atom. The summed E-state index contributed by atoms with van der Waals surface area (Å²) in [6, 6.07) is 19.1. The maximum atomic E-state index is 13.1. The number of amides is 2. The molecule has 0 unspecified atom stereocenters. The van der Waals surface area contributed by atoms with E-state index in [1.165, 1.54) is 0 Å². The number of para-hydroxylation sites is 2. The predicted molar refractivity (Wildman–Crippen MR) is 107 cm³/mol. The molecule has 0 aromatic heterocycles. The zero-order valence-electron chi connectivity index (χ0n) is 15.6. The van der Waals surface area contributed by atoms with Crippen LogP contribution in [-0.2, 0) is 9.59 Å². The van der Waals surface area contributed by atoms with Gasteiger partial charge in [-0.05, 0) is 37.1 Å². The lowest BCUT2D eigenvalue weighted by Crippen LogP contribution is -2.52. The third kappa shape index (κ3) is 3.31. The number of nitrogens with one attached hydrogen (secondary N) is 1. The maximum Gasteiger partial charge on any atom is 0.240 e. The van der Waals surface area contributed by atoms with Crippen molar-refractivity contribution in [3.05, 3.63) is 60.2 Å². The van der Waals surface area contributed by atoms with Crippen LogP contribution in [0.25, 0.3) is 0 Å². The van der Waals surface area contributed by atoms with E-state index in [0.717, 1.165) is 18.8 Å². The molecule has 1 aliphatic carbocycles. The Balaban J connectivity index is 1.41. The van der Waals surface area contributed by atoms with Crippen molar-refractivity contribution in [3.8, 4) is 6.07 Å². The second-order valence-corrected chi connectivity index (χ2v) is 7.31. The van der Waals surface area contributed by atoms with Crippen LogP contribution < -0.4 is 10.2 Å². The van der Waals surface area contributed by atoms with E-state index in [1.807, 2.05) is 23.1 Å². The Morgan fingerprint density at radius 3 is 2.21 bits per heavy atom. The summed E-state index contributed by atoms with van der Waals surface area (Å²) in [4.78, 5) is 30.0. The Morgan fingerprint density at radius 1 is 0.929 bits per heavy atom. The van der Waals surface area contributed by atoms with Crippen LogP contribution in [0.2, 0.25) is 0 Å². The van der Waals surface area contributed by atoms with Crippen molar-refractivity contribution in [2.45, 2.75) is 12.8 Å². The number of nitriles is 1. The van der Waals surface area contributed by atoms with E-state index in [-0.39, 0.29) is 11.8 Å². The predicted octanol–water partition coefficient (Wildman–Crippen LogP) is 2.63. The smallest absolute Gasteiger partial charge is 0.240 e. The minimum Gasteiger partial charge on any atom is -0.368 e. The summed E-state index contributed by atoms with van der Waals surface area (Å²) in [7, 11) is 0. The molecule has 1 heterocycles. The molecule has 142 valence electrons. The molecule has 1 aliphatic heterocycles. The Labute approximate surface area is 164 Å². The van der Waals surface area contributed by atoms with Crippen LogP contribution in [0.4, 0.5) is 11.4 Å². The van der Waals surface area contributed by atoms with Gasteiger partial charge in [-0.2, -0.15) is 5.26 Å². The number of hydrogen-bond acceptors (Lipinski definition) is 4. The first-order valence-corrected chi connectivity index (χ1v) is 9.54. The first kappa shape index (κ1) is 18.1. The lowest BCUT2D eigenvalue weighted by atomic mass is 10.0. The van der Waals surface area contributed by atoms with Gasteiger partial charge in [-0.1, -0.05) is 30.3 Å². The van der Waals surface area contributed by atoms with Crippen LogP contribution in [-0.4, -0.2) is 42.9 Å². The molecule has 0 bridgehead atoms. The Bertz CT molecular complexity index is 923. The molecule has 6 nitrogen and oxygen atoms in total. The highest BCUT2D eigenvalue weighted by Crippen LogP contribution is 2.48. The second kappa shape index (κ2) is 7.35. The largest absolute Gasteiger partial charge is 0.368 e. The van der Waals surface area contributed by atoms with Gasteiger partial charge in [0.2, 0.25) is 11.8 Å². The van der Waals surface area contributed by atoms with Gasteiger partial charge < -0.3 is 15.1 Å². The van der Waals surface area contributed by atoms with Crippen molar-refractivity contribution < 1.29 is 9.59 Å². The number of piperazine rings is 1. The molecule has 28 heavy (non-hydrogen) atoms. The third-order valence-electron chi connectivity index (χ3n) is 5.58. The summed E-state index contributed by atoms with van der Waals surface area (Å²) < 4.78 is 0. The number of benzene rings is 2. The second-order valence-electron chi connectivity index (χ2n) is 7.31. The molecule has 0 spiro atoms. The molecule has 1 saturated carbocycles. The molecule has 2 aliphatic rings. The molecule has 4 rings (SSSR count). The van der Waals surface area contributed by atoms with Gasteiger partial charge in [0.1, 0.15) is 11.5 Å². The monoisotopic (exact) mass is 374 g/mol. The number of rotatable bonds is 4. The zero-order valence-corrected chi connectivity index (χ0v) is 15.6. The van der Waals surface area contributed by atoms with Crippen LogP contribution in [0.3, 0.4) is 0 Å². The van der Waals surface area contributed by atoms with Gasteiger partial charge in [-0.15, -0.1) is 0 Å². The van der Waals surface area contributed by atoms with E-state index in [9.17, 15) is 14.9 Å². The summed E-state index contributed by atoms with van der Waals surface area (Å²) in [5.41, 5.74) is 1.04. The van der Waals surface area contributed by atoms with E-state index in [1.54, 1.807) is 24.3 Å². The normalized spacial score (nSPS) is 17.5. The van der Waals surface area contributed by atoms with Crippen LogP contribution in [0.5, 0.6) is 0 Å². The van der Waals surface area contributed by atoms with Gasteiger partial charge >= 0.3 is 0 Å². The van der Waals surface area contributed by atoms with Crippen LogP contribution in [0, 0.1) is 16.7 Å². The standard InChI is InChI=1S/C22H22N4O2/c23-16-17-6-4-5-9-19(17)24-20(27)22(10-11-22)21(28)26-14-12-25(13-15-26)18-7-2-1-3-8-18/h1-9H,10-15H2,(H,24,27). The average molecular weight is 374 g/mol. The van der Waals surface area contributed by atoms with E-state index in [2.05, 4.69) is 28.4 Å². The highest BCUT2D eigenvalue weighted by molar-refractivity contribution is 6.13. The van der Waals surface area contributed by atoms with Crippen molar-refractivity contribution in [2.24, 2.45) is 5.41 Å². The van der Waals surface area contributed by atoms with Gasteiger partial charge in [0.25, 0.3) is 0 Å². The number of hydrogen-bond donors (Lipinski definition) is 1. The molecule has 6 heteroatoms. The van der Waals surface area contributed by atoms with Crippen molar-refractivity contribution in [1.29, 1.82) is 5.26 Å². The first-order chi connectivity index (χ1) is 13.6. The topological polar surface area (TPSA) is 76.4 Å². The van der Waals surface area contributed by atoms with E-state index in [0.29, 0.717) is 37.2 Å². The molecular weight excluding hydrogens is 352 g/mol. The molecule has 2 amide bonds. The van der Waals surface area contributed by atoms with Crippen molar-refractivity contribution in [3.63, 3.8) is 0 Å². The fourth-order valence-electron chi connectivity index (χ4n) is 3.70. The molecule has 2 aromatic carbocycles. The number of carbonyl (C=O) groups excluding carboxylic acids is 2. The number of carbonyl (C=O) groups is 2. The zero-order chi connectivity index (χ0) is 19.6. The SMILES string of the molecule is N#Cc1ccccc1NC(=O)C1(C(=O)N2CCN(c3ccccc3)CC2)CC1. The molecule has 0 atom stereocenters. The fourth-order valence-corrected chi connectivity index (χ4v) is 3.70. The van der Waals surface area contributed by atoms with Gasteiger partial charge in [0.05, 0.1) is 11.3 Å². The summed E-state index contributed by atoms with van der Waals surface area (Å²) in [6.45, 7) is 2.73. The molecule has 2 fully saturated rings. The minimum absolute atomic E-state index is 0.0906. The molecule has 0 radical (unpaired) electrons. The lowest BCUT2D eigenvalue weighted by Gasteiger charge is -2.37.